The molecule has 86 valence electrons. The first-order valence-corrected chi connectivity index (χ1v) is 6.09. The Bertz CT molecular complexity index is 543. The van der Waals surface area contributed by atoms with Crippen molar-refractivity contribution in [1.29, 1.82) is 5.41 Å². The van der Waals surface area contributed by atoms with E-state index >= 15 is 0 Å². The smallest absolute Gasteiger partial charge is 0.125 e. The lowest BCUT2D eigenvalue weighted by Gasteiger charge is -2.08. The van der Waals surface area contributed by atoms with E-state index in [1.165, 1.54) is 11.8 Å². The SMILES string of the molecule is N=C(N)c1c(Cl)cccc1Sc1ccccn1. The molecular formula is C12H10ClN3S. The average Bonchev–Trinajstić information content (AvgIpc) is 2.30. The zero-order valence-corrected chi connectivity index (χ0v) is 10.4. The zero-order chi connectivity index (χ0) is 12.3. The van der Waals surface area contributed by atoms with Gasteiger partial charge in [0.25, 0.3) is 0 Å². The molecule has 2 aromatic rings. The number of aromatic nitrogens is 1. The van der Waals surface area contributed by atoms with Gasteiger partial charge in [0.15, 0.2) is 0 Å². The van der Waals surface area contributed by atoms with Crippen molar-refractivity contribution in [2.75, 3.05) is 0 Å². The molecule has 2 rings (SSSR count). The molecule has 1 aromatic heterocycles. The molecule has 0 spiro atoms. The van der Waals surface area contributed by atoms with E-state index in [2.05, 4.69) is 4.98 Å². The van der Waals surface area contributed by atoms with Gasteiger partial charge in [-0.25, -0.2) is 4.98 Å². The van der Waals surface area contributed by atoms with Gasteiger partial charge in [-0.3, -0.25) is 5.41 Å². The lowest BCUT2D eigenvalue weighted by Crippen LogP contribution is -2.13. The Kier molecular flexibility index (Phi) is 3.66. The molecule has 1 aromatic carbocycles. The fraction of sp³-hybridized carbons (Fsp3) is 0. The van der Waals surface area contributed by atoms with Gasteiger partial charge in [-0.15, -0.1) is 0 Å². The lowest BCUT2D eigenvalue weighted by atomic mass is 10.2. The molecule has 3 N–H and O–H groups in total. The number of halogens is 1. The van der Waals surface area contributed by atoms with Gasteiger partial charge in [-0.05, 0) is 24.3 Å². The molecule has 0 bridgehead atoms. The molecule has 0 radical (unpaired) electrons. The summed E-state index contributed by atoms with van der Waals surface area (Å²) in [6.45, 7) is 0. The van der Waals surface area contributed by atoms with Crippen LogP contribution in [0.5, 0.6) is 0 Å². The summed E-state index contributed by atoms with van der Waals surface area (Å²) in [6.07, 6.45) is 1.72. The third kappa shape index (κ3) is 2.78. The Labute approximate surface area is 109 Å². The minimum Gasteiger partial charge on any atom is -0.384 e. The van der Waals surface area contributed by atoms with E-state index in [1.807, 2.05) is 30.3 Å². The maximum Gasteiger partial charge on any atom is 0.125 e. The van der Waals surface area contributed by atoms with Crippen molar-refractivity contribution < 1.29 is 0 Å². The number of pyridine rings is 1. The van der Waals surface area contributed by atoms with Crippen molar-refractivity contribution in [3.05, 3.63) is 53.2 Å². The maximum atomic E-state index is 7.54. The average molecular weight is 264 g/mol. The van der Waals surface area contributed by atoms with Gasteiger partial charge in [-0.1, -0.05) is 35.5 Å². The van der Waals surface area contributed by atoms with E-state index < -0.39 is 0 Å². The second-order valence-electron chi connectivity index (χ2n) is 3.30. The fourth-order valence-electron chi connectivity index (χ4n) is 1.37. The van der Waals surface area contributed by atoms with E-state index in [1.54, 1.807) is 12.3 Å². The Balaban J connectivity index is 2.40. The number of hydrogen-bond acceptors (Lipinski definition) is 3. The van der Waals surface area contributed by atoms with Gasteiger partial charge in [0.2, 0.25) is 0 Å². The molecule has 0 unspecified atom stereocenters. The third-order valence-electron chi connectivity index (χ3n) is 2.10. The summed E-state index contributed by atoms with van der Waals surface area (Å²) >= 11 is 7.48. The molecule has 0 fully saturated rings. The highest BCUT2D eigenvalue weighted by molar-refractivity contribution is 7.99. The quantitative estimate of drug-likeness (QED) is 0.660. The molecule has 0 atom stereocenters. The van der Waals surface area contributed by atoms with Gasteiger partial charge in [0, 0.05) is 16.7 Å². The van der Waals surface area contributed by atoms with Gasteiger partial charge >= 0.3 is 0 Å². The number of nitrogens with two attached hydrogens (primary N) is 1. The molecule has 1 heterocycles. The van der Waals surface area contributed by atoms with E-state index in [4.69, 9.17) is 22.7 Å². The summed E-state index contributed by atoms with van der Waals surface area (Å²) in [5.41, 5.74) is 6.09. The molecule has 0 aliphatic heterocycles. The molecule has 0 saturated heterocycles. The predicted octanol–water partition coefficient (Wildman–Crippen LogP) is 3.17. The normalized spacial score (nSPS) is 10.2. The van der Waals surface area contributed by atoms with E-state index in [9.17, 15) is 0 Å². The maximum absolute atomic E-state index is 7.54. The topological polar surface area (TPSA) is 62.8 Å². The summed E-state index contributed by atoms with van der Waals surface area (Å²) < 4.78 is 0. The van der Waals surface area contributed by atoms with Crippen molar-refractivity contribution in [3.63, 3.8) is 0 Å². The van der Waals surface area contributed by atoms with Crippen molar-refractivity contribution in [2.24, 2.45) is 5.73 Å². The molecule has 3 nitrogen and oxygen atoms in total. The minimum atomic E-state index is -0.0333. The number of nitrogens with one attached hydrogen (secondary N) is 1. The molecule has 0 saturated carbocycles. The summed E-state index contributed by atoms with van der Waals surface area (Å²) in [4.78, 5) is 5.05. The van der Waals surface area contributed by atoms with Crippen LogP contribution >= 0.6 is 23.4 Å². The largest absolute Gasteiger partial charge is 0.384 e. The highest BCUT2D eigenvalue weighted by Gasteiger charge is 2.11. The summed E-state index contributed by atoms with van der Waals surface area (Å²) in [7, 11) is 0. The summed E-state index contributed by atoms with van der Waals surface area (Å²) in [5.74, 6) is -0.0333. The first-order valence-electron chi connectivity index (χ1n) is 4.90. The van der Waals surface area contributed by atoms with Crippen molar-refractivity contribution >= 4 is 29.2 Å². The van der Waals surface area contributed by atoms with Crippen molar-refractivity contribution in [2.45, 2.75) is 9.92 Å². The molecule has 17 heavy (non-hydrogen) atoms. The number of nitrogens with zero attached hydrogens (tertiary/aromatic N) is 1. The second-order valence-corrected chi connectivity index (χ2v) is 4.77. The van der Waals surface area contributed by atoms with Crippen LogP contribution < -0.4 is 5.73 Å². The number of amidine groups is 1. The number of hydrogen-bond donors (Lipinski definition) is 2. The van der Waals surface area contributed by atoms with Crippen LogP contribution in [0.2, 0.25) is 5.02 Å². The zero-order valence-electron chi connectivity index (χ0n) is 8.85. The summed E-state index contributed by atoms with van der Waals surface area (Å²) in [5, 5.41) is 8.87. The van der Waals surface area contributed by atoms with E-state index in [-0.39, 0.29) is 5.84 Å². The number of rotatable bonds is 3. The Morgan fingerprint density at radius 3 is 2.71 bits per heavy atom. The standard InChI is InChI=1S/C12H10ClN3S/c13-8-4-3-5-9(11(8)12(14)15)17-10-6-1-2-7-16-10/h1-7H,(H3,14,15). The first-order chi connectivity index (χ1) is 8.18. The Morgan fingerprint density at radius 2 is 2.06 bits per heavy atom. The van der Waals surface area contributed by atoms with E-state index in [0.717, 1.165) is 9.92 Å². The highest BCUT2D eigenvalue weighted by atomic mass is 35.5. The summed E-state index contributed by atoms with van der Waals surface area (Å²) in [6, 6.07) is 11.1. The van der Waals surface area contributed by atoms with Crippen LogP contribution in [-0.4, -0.2) is 10.8 Å². The number of nitrogen functional groups attached to an aromatic ring is 1. The first kappa shape index (κ1) is 12.0. The molecule has 0 aliphatic carbocycles. The fourth-order valence-corrected chi connectivity index (χ4v) is 2.66. The number of benzene rings is 1. The minimum absolute atomic E-state index is 0.0333. The molecular weight excluding hydrogens is 254 g/mol. The molecule has 0 amide bonds. The van der Waals surface area contributed by atoms with Crippen LogP contribution in [0.25, 0.3) is 0 Å². The monoisotopic (exact) mass is 263 g/mol. The van der Waals surface area contributed by atoms with Crippen molar-refractivity contribution in [3.8, 4) is 0 Å². The molecule has 5 heteroatoms. The van der Waals surface area contributed by atoms with Crippen molar-refractivity contribution in [1.82, 2.24) is 4.98 Å². The molecule has 0 aliphatic rings. The van der Waals surface area contributed by atoms with Crippen LogP contribution in [0.3, 0.4) is 0 Å². The second kappa shape index (κ2) is 5.21. The predicted molar refractivity (Wildman–Crippen MR) is 70.8 cm³/mol. The van der Waals surface area contributed by atoms with Gasteiger partial charge in [0.05, 0.1) is 5.02 Å². The van der Waals surface area contributed by atoms with Crippen LogP contribution in [-0.2, 0) is 0 Å². The van der Waals surface area contributed by atoms with Crippen LogP contribution in [0, 0.1) is 5.41 Å². The Hall–Kier alpha value is -1.52. The van der Waals surface area contributed by atoms with Gasteiger partial charge in [-0.2, -0.15) is 0 Å². The van der Waals surface area contributed by atoms with E-state index in [0.29, 0.717) is 10.6 Å². The van der Waals surface area contributed by atoms with Crippen LogP contribution in [0.4, 0.5) is 0 Å². The Morgan fingerprint density at radius 1 is 1.24 bits per heavy atom. The van der Waals surface area contributed by atoms with Crippen LogP contribution in [0.1, 0.15) is 5.56 Å². The van der Waals surface area contributed by atoms with Gasteiger partial charge < -0.3 is 5.73 Å². The van der Waals surface area contributed by atoms with Gasteiger partial charge in [0.1, 0.15) is 10.9 Å². The third-order valence-corrected chi connectivity index (χ3v) is 3.42. The van der Waals surface area contributed by atoms with Crippen LogP contribution in [0.15, 0.2) is 52.5 Å². The highest BCUT2D eigenvalue weighted by Crippen LogP contribution is 2.32. The lowest BCUT2D eigenvalue weighted by molar-refractivity contribution is 1.13.